The van der Waals surface area contributed by atoms with E-state index < -0.39 is 45.2 Å². The Kier molecular flexibility index (Phi) is 55.1. The van der Waals surface area contributed by atoms with Crippen LogP contribution in [0, 0.1) is 0 Å². The Balaban J connectivity index is -0.000000148. The van der Waals surface area contributed by atoms with Crippen molar-refractivity contribution in [3.8, 4) is 0 Å². The second kappa shape index (κ2) is 40.0. The lowest BCUT2D eigenvalue weighted by atomic mass is 15.6. The van der Waals surface area contributed by atoms with Crippen molar-refractivity contribution in [1.82, 2.24) is 0 Å². The third-order valence-electron chi connectivity index (χ3n) is 5.00. The Bertz CT molecular complexity index is 400. The molecule has 0 radical (unpaired) electrons. The fourth-order valence-corrected chi connectivity index (χ4v) is 67.5. The zero-order valence-electron chi connectivity index (χ0n) is 30.7. The summed E-state index contributed by atoms with van der Waals surface area (Å²) < 4.78 is 102. The molecule has 45 heteroatoms. The molecule has 0 rings (SSSR count). The van der Waals surface area contributed by atoms with Crippen LogP contribution in [0.2, 0.25) is 0 Å². The van der Waals surface area contributed by atoms with E-state index in [1.54, 1.807) is 0 Å². The van der Waals surface area contributed by atoms with Crippen LogP contribution in [0.3, 0.4) is 0 Å². The van der Waals surface area contributed by atoms with Gasteiger partial charge >= 0.3 is 211 Å². The van der Waals surface area contributed by atoms with Crippen LogP contribution in [0.5, 0.6) is 0 Å². The molecule has 0 aromatic carbocycles. The van der Waals surface area contributed by atoms with Crippen molar-refractivity contribution >= 4 is 316 Å². The zero-order chi connectivity index (χ0) is 36.6. The van der Waals surface area contributed by atoms with Gasteiger partial charge in [0.15, 0.2) is 0 Å². The van der Waals surface area contributed by atoms with Gasteiger partial charge in [-0.25, -0.2) is 0 Å². The smallest absolute Gasteiger partial charge is 0.491 e. The number of hydrogen-bond acceptors (Lipinski definition) is 20. The van der Waals surface area contributed by atoms with Crippen molar-refractivity contribution in [3.63, 3.8) is 0 Å². The molecule has 0 aliphatic carbocycles. The summed E-state index contributed by atoms with van der Waals surface area (Å²) in [6.07, 6.45) is 0. The Labute approximate surface area is 386 Å². The summed E-state index contributed by atoms with van der Waals surface area (Å²) in [7, 11) is -5.94. The van der Waals surface area contributed by atoms with Gasteiger partial charge < -0.3 is 75.9 Å². The zero-order valence-corrected chi connectivity index (χ0v) is 75.7. The molecule has 0 unspecified atom stereocenters. The molecule has 0 N–H and O–H groups in total. The summed E-state index contributed by atoms with van der Waals surface area (Å²) in [6, 6.07) is 0. The second-order valence-corrected chi connectivity index (χ2v) is 44.2. The summed E-state index contributed by atoms with van der Waals surface area (Å²) in [6.45, 7) is 0. The molecule has 45 heavy (non-hydrogen) atoms. The van der Waals surface area contributed by atoms with Crippen molar-refractivity contribution < 1.29 is 75.9 Å². The van der Waals surface area contributed by atoms with E-state index in [0.717, 1.165) is 0 Å². The SMILES string of the molecule is [AlH2][O][Si](O[SiH3])(O[SiH3])O[SiH3].[AlH2][O][Si]([O][AlH2])(O[SiH3])O[SiH3].[AlH2][O][Si]([O][AlH2])([O][AlH2])O[SiH3].[AlH2][O][Si]([O][AlH2])([O][AlH2])[O][AlH2].[SiH3]O[Si](O[SiH3])(O[SiH3])O[SiH3]. The molecule has 0 atom stereocenters. The lowest BCUT2D eigenvalue weighted by Crippen LogP contribution is -2.46. The Morgan fingerprint density at radius 3 is 0.356 bits per heavy atom. The molecule has 0 fully saturated rings. The standard InChI is InChI=1S/10Al.H12O4Si5.H9O4Si4.H6O4Si3.H3O4Si2.O4Si.20H/c;;;;;;;;;;5-1-9(2-6,3-7)4-8;1-8(2-5,3-6)4-7;1-7(2,3-5)4-6;1-6(2,3)4-5;1-5(2,3)4;;;;;;;;;;;;;;;;;;;;/h;;;;;;;;;;5-8H3;5-7H3;5-6H3;5H3;;;;;;;;;;;;;;;;;;;;;/q10*+1;;-1;-2;-3;-4;;;;;;;;;;;;;;;;;;;;. The van der Waals surface area contributed by atoms with Crippen molar-refractivity contribution in [2.45, 2.75) is 0 Å². The fourth-order valence-electron chi connectivity index (χ4n) is 2.50. The van der Waals surface area contributed by atoms with E-state index in [1.807, 2.05) is 0 Å². The molecule has 0 aliphatic heterocycles. The molecular formula is H50Al10O20Si15. The van der Waals surface area contributed by atoms with Gasteiger partial charge in [-0.05, 0) is 0 Å². The van der Waals surface area contributed by atoms with Gasteiger partial charge in [-0.15, -0.1) is 0 Å². The topological polar surface area (TPSA) is 185 Å². The fraction of sp³-hybridized carbons (Fsp3) is 0. The van der Waals surface area contributed by atoms with Crippen LogP contribution in [-0.2, 0) is 75.9 Å². The first-order valence-electron chi connectivity index (χ1n) is 12.2. The van der Waals surface area contributed by atoms with Crippen molar-refractivity contribution in [1.29, 1.82) is 0 Å². The highest BCUT2D eigenvalue weighted by Gasteiger charge is 2.38. The summed E-state index contributed by atoms with van der Waals surface area (Å²) >= 11 is 6.28. The molecule has 0 amide bonds. The first kappa shape index (κ1) is 62.0. The van der Waals surface area contributed by atoms with Gasteiger partial charge in [0.05, 0.1) is 0 Å². The molecule has 0 heterocycles. The van der Waals surface area contributed by atoms with E-state index in [4.69, 9.17) is 75.9 Å². The maximum absolute atomic E-state index is 5.10. The summed E-state index contributed by atoms with van der Waals surface area (Å²) in [5, 5.41) is 0. The molecular weight excluding hydrogens is 1010 g/mol. The molecule has 260 valence electrons. The van der Waals surface area contributed by atoms with E-state index in [2.05, 4.69) is 0 Å². The third-order valence-corrected chi connectivity index (χ3v) is 45.0. The second-order valence-electron chi connectivity index (χ2n) is 6.58. The van der Waals surface area contributed by atoms with Gasteiger partial charge in [0.2, 0.25) is 0 Å². The molecule has 0 spiro atoms. The van der Waals surface area contributed by atoms with Crippen LogP contribution < -0.4 is 0 Å². The van der Waals surface area contributed by atoms with Crippen molar-refractivity contribution in [2.24, 2.45) is 0 Å². The van der Waals surface area contributed by atoms with Crippen LogP contribution in [0.1, 0.15) is 0 Å². The molecule has 0 saturated heterocycles. The minimum Gasteiger partial charge on any atom is -0.491 e. The average Bonchev–Trinajstić information content (AvgIpc) is 3.12. The van der Waals surface area contributed by atoms with Gasteiger partial charge in [-0.3, -0.25) is 0 Å². The Morgan fingerprint density at radius 2 is 0.356 bits per heavy atom. The highest BCUT2D eigenvalue weighted by Crippen LogP contribution is 2.05. The summed E-state index contributed by atoms with van der Waals surface area (Å²) in [5.41, 5.74) is 0. The predicted octanol–water partition coefficient (Wildman–Crippen LogP) is -24.3. The van der Waals surface area contributed by atoms with Gasteiger partial charge in [0, 0.05) is 0 Å². The molecule has 0 aromatic heterocycles. The Morgan fingerprint density at radius 1 is 0.200 bits per heavy atom. The lowest BCUT2D eigenvalue weighted by Gasteiger charge is -2.27. The molecule has 0 bridgehead atoms. The summed E-state index contributed by atoms with van der Waals surface area (Å²) in [5.74, 6) is 0. The van der Waals surface area contributed by atoms with Gasteiger partial charge in [-0.2, -0.15) is 0 Å². The van der Waals surface area contributed by atoms with Crippen LogP contribution in [0.15, 0.2) is 0 Å². The molecule has 0 saturated carbocycles. The maximum atomic E-state index is 5.10. The average molecular weight is 1060 g/mol. The van der Waals surface area contributed by atoms with Crippen LogP contribution in [0.4, 0.5) is 0 Å². The van der Waals surface area contributed by atoms with E-state index in [9.17, 15) is 0 Å². The lowest BCUT2D eigenvalue weighted by molar-refractivity contribution is 0.187. The number of hydrogen-bond donors (Lipinski definition) is 0. The Hall–Kier alpha value is 7.78. The van der Waals surface area contributed by atoms with Crippen LogP contribution >= 0.6 is 0 Å². The van der Waals surface area contributed by atoms with E-state index in [0.29, 0.717) is 271 Å². The van der Waals surface area contributed by atoms with Crippen molar-refractivity contribution in [2.75, 3.05) is 0 Å². The van der Waals surface area contributed by atoms with Gasteiger partial charge in [0.25, 0.3) is 0 Å². The van der Waals surface area contributed by atoms with E-state index in [1.165, 1.54) is 0 Å². The minimum absolute atomic E-state index is 0.628. The quantitative estimate of drug-likeness (QED) is 0.105. The predicted molar refractivity (Wildman–Crippen MR) is 235 cm³/mol. The van der Waals surface area contributed by atoms with Crippen molar-refractivity contribution in [3.05, 3.63) is 0 Å². The van der Waals surface area contributed by atoms with Crippen LogP contribution in [-0.4, -0.2) is 316 Å². The van der Waals surface area contributed by atoms with Gasteiger partial charge in [-0.1, -0.05) is 0 Å². The minimum atomic E-state index is -2.44. The first-order chi connectivity index (χ1) is 21.2. The maximum Gasteiger partial charge on any atom is 0.634 e. The largest absolute Gasteiger partial charge is 0.634 e. The van der Waals surface area contributed by atoms with E-state index >= 15 is 0 Å². The molecule has 20 nitrogen and oxygen atoms in total. The first-order valence-corrected chi connectivity index (χ1v) is 36.7. The van der Waals surface area contributed by atoms with Crippen LogP contribution in [0.25, 0.3) is 0 Å². The number of rotatable bonds is 20. The third kappa shape index (κ3) is 27.9. The molecule has 0 aromatic rings. The highest BCUT2D eigenvalue weighted by molar-refractivity contribution is 6.68. The van der Waals surface area contributed by atoms with E-state index in [-0.39, 0.29) is 0 Å². The molecule has 0 aliphatic rings. The highest BCUT2D eigenvalue weighted by atomic mass is 28.5. The van der Waals surface area contributed by atoms with Gasteiger partial charge in [0.1, 0.15) is 105 Å². The summed E-state index contributed by atoms with van der Waals surface area (Å²) in [4.78, 5) is 0. The monoisotopic (exact) mass is 1060 g/mol. The normalized spacial score (nSPS) is 14.6.